The Morgan fingerprint density at radius 2 is 1.33 bits per heavy atom. The molecule has 39 heavy (non-hydrogen) atoms. The molecule has 0 saturated heterocycles. The predicted molar refractivity (Wildman–Crippen MR) is 142 cm³/mol. The molecule has 11 heteroatoms. The van der Waals surface area contributed by atoms with Crippen LogP contribution in [0.15, 0.2) is 18.2 Å². The largest absolute Gasteiger partial charge is 0.513 e. The summed E-state index contributed by atoms with van der Waals surface area (Å²) >= 11 is 0. The van der Waals surface area contributed by atoms with Crippen LogP contribution >= 0.6 is 0 Å². The third-order valence-corrected chi connectivity index (χ3v) is 5.46. The van der Waals surface area contributed by atoms with Gasteiger partial charge in [-0.3, -0.25) is 9.59 Å². The van der Waals surface area contributed by atoms with Crippen molar-refractivity contribution in [3.05, 3.63) is 23.8 Å². The summed E-state index contributed by atoms with van der Waals surface area (Å²) in [6.07, 6.45) is -0.326. The standard InChI is InChI=1S/C28H43NO10/c1-8-10-14-34-26(32)38-22-13-12-20(17-23(22)39-27(33)35-15-11-9-2)16-21(29)24(30)36-18(3)19(4)37-25(31)28(5,6)7/h12-13,17-19,21H,8-11,14-16,29H2,1-7H3/t18-,19?,21-/m0/s1. The van der Waals surface area contributed by atoms with Crippen molar-refractivity contribution >= 4 is 24.2 Å². The van der Waals surface area contributed by atoms with E-state index in [9.17, 15) is 19.2 Å². The Morgan fingerprint density at radius 1 is 0.821 bits per heavy atom. The van der Waals surface area contributed by atoms with E-state index in [1.165, 1.54) is 12.1 Å². The highest BCUT2D eigenvalue weighted by Crippen LogP contribution is 2.30. The highest BCUT2D eigenvalue weighted by atomic mass is 16.7. The summed E-state index contributed by atoms with van der Waals surface area (Å²) in [4.78, 5) is 48.9. The molecule has 11 nitrogen and oxygen atoms in total. The van der Waals surface area contributed by atoms with Crippen LogP contribution in [0.25, 0.3) is 0 Å². The molecule has 1 unspecified atom stereocenters. The van der Waals surface area contributed by atoms with Crippen molar-refractivity contribution in [2.24, 2.45) is 11.1 Å². The van der Waals surface area contributed by atoms with E-state index in [2.05, 4.69) is 0 Å². The summed E-state index contributed by atoms with van der Waals surface area (Å²) in [7, 11) is 0. The molecule has 0 aliphatic carbocycles. The normalized spacial score (nSPS) is 13.4. The smallest absolute Gasteiger partial charge is 0.458 e. The van der Waals surface area contributed by atoms with E-state index >= 15 is 0 Å². The van der Waals surface area contributed by atoms with Gasteiger partial charge in [0.25, 0.3) is 0 Å². The van der Waals surface area contributed by atoms with E-state index < -0.39 is 47.9 Å². The molecule has 3 atom stereocenters. The van der Waals surface area contributed by atoms with Crippen LogP contribution in [0.3, 0.4) is 0 Å². The van der Waals surface area contributed by atoms with E-state index in [4.69, 9.17) is 34.2 Å². The van der Waals surface area contributed by atoms with Crippen LogP contribution in [-0.4, -0.2) is 55.7 Å². The fraction of sp³-hybridized carbons (Fsp3) is 0.643. The van der Waals surface area contributed by atoms with Crippen molar-refractivity contribution in [3.8, 4) is 11.5 Å². The minimum absolute atomic E-state index is 0.0180. The van der Waals surface area contributed by atoms with Crippen LogP contribution in [0, 0.1) is 5.41 Å². The quantitative estimate of drug-likeness (QED) is 0.142. The van der Waals surface area contributed by atoms with Crippen LogP contribution in [-0.2, 0) is 35.0 Å². The van der Waals surface area contributed by atoms with E-state index in [0.29, 0.717) is 18.4 Å². The van der Waals surface area contributed by atoms with Crippen molar-refractivity contribution in [3.63, 3.8) is 0 Å². The molecule has 0 spiro atoms. The number of carbonyl (C=O) groups excluding carboxylic acids is 4. The number of unbranched alkanes of at least 4 members (excludes halogenated alkanes) is 2. The van der Waals surface area contributed by atoms with Crippen molar-refractivity contribution < 1.29 is 47.6 Å². The van der Waals surface area contributed by atoms with Gasteiger partial charge in [0.1, 0.15) is 18.2 Å². The van der Waals surface area contributed by atoms with Gasteiger partial charge in [-0.15, -0.1) is 0 Å². The number of rotatable bonds is 14. The number of hydrogen-bond donors (Lipinski definition) is 1. The summed E-state index contributed by atoms with van der Waals surface area (Å²) in [5.74, 6) is -1.29. The van der Waals surface area contributed by atoms with Crippen LogP contribution in [0.1, 0.15) is 79.7 Å². The van der Waals surface area contributed by atoms with E-state index in [1.807, 2.05) is 13.8 Å². The lowest BCUT2D eigenvalue weighted by atomic mass is 9.97. The molecule has 0 fully saturated rings. The minimum atomic E-state index is -1.08. The highest BCUT2D eigenvalue weighted by Gasteiger charge is 2.29. The molecular formula is C28H43NO10. The van der Waals surface area contributed by atoms with Gasteiger partial charge in [0.15, 0.2) is 11.5 Å². The molecule has 0 aromatic heterocycles. The van der Waals surface area contributed by atoms with Crippen LogP contribution < -0.4 is 15.2 Å². The number of carbonyl (C=O) groups is 4. The van der Waals surface area contributed by atoms with E-state index in [0.717, 1.165) is 12.8 Å². The molecule has 0 saturated carbocycles. The lowest BCUT2D eigenvalue weighted by Crippen LogP contribution is -2.40. The molecule has 2 N–H and O–H groups in total. The Bertz CT molecular complexity index is 956. The zero-order valence-electron chi connectivity index (χ0n) is 24.1. The monoisotopic (exact) mass is 553 g/mol. The molecule has 0 radical (unpaired) electrons. The number of benzene rings is 1. The topological polar surface area (TPSA) is 150 Å². The first-order chi connectivity index (χ1) is 18.3. The number of nitrogens with two attached hydrogens (primary N) is 1. The van der Waals surface area contributed by atoms with Gasteiger partial charge in [0, 0.05) is 0 Å². The Morgan fingerprint density at radius 3 is 1.85 bits per heavy atom. The molecule has 0 bridgehead atoms. The molecule has 1 rings (SSSR count). The van der Waals surface area contributed by atoms with Gasteiger partial charge in [0.2, 0.25) is 0 Å². The van der Waals surface area contributed by atoms with Crippen LogP contribution in [0.2, 0.25) is 0 Å². The summed E-state index contributed by atoms with van der Waals surface area (Å²) in [5, 5.41) is 0. The van der Waals surface area contributed by atoms with Gasteiger partial charge in [-0.05, 0) is 71.6 Å². The SMILES string of the molecule is CCCCOC(=O)Oc1ccc(C[C@H](N)C(=O)O[C@@H](C)C(C)OC(=O)C(C)(C)C)cc1OC(=O)OCCCC. The second-order valence-corrected chi connectivity index (χ2v) is 10.2. The molecule has 0 aliphatic heterocycles. The summed E-state index contributed by atoms with van der Waals surface area (Å²) in [6.45, 7) is 12.7. The second-order valence-electron chi connectivity index (χ2n) is 10.2. The van der Waals surface area contributed by atoms with Crippen molar-refractivity contribution in [1.29, 1.82) is 0 Å². The van der Waals surface area contributed by atoms with Gasteiger partial charge in [-0.2, -0.15) is 0 Å². The first-order valence-corrected chi connectivity index (χ1v) is 13.3. The summed E-state index contributed by atoms with van der Waals surface area (Å²) in [6, 6.07) is 3.31. The average Bonchev–Trinajstić information content (AvgIpc) is 2.85. The van der Waals surface area contributed by atoms with Crippen LogP contribution in [0.4, 0.5) is 9.59 Å². The van der Waals surface area contributed by atoms with Gasteiger partial charge in [-0.1, -0.05) is 32.8 Å². The number of esters is 2. The maximum absolute atomic E-state index is 12.6. The molecule has 0 amide bonds. The summed E-state index contributed by atoms with van der Waals surface area (Å²) in [5.41, 5.74) is 5.87. The van der Waals surface area contributed by atoms with Gasteiger partial charge in [-0.25, -0.2) is 9.59 Å². The molecule has 1 aromatic rings. The molecule has 0 heterocycles. The Kier molecular flexibility index (Phi) is 14.3. The Labute approximate surface area is 230 Å². The minimum Gasteiger partial charge on any atom is -0.458 e. The Hall–Kier alpha value is -3.34. The molecule has 220 valence electrons. The first kappa shape index (κ1) is 33.7. The van der Waals surface area contributed by atoms with E-state index in [-0.39, 0.29) is 31.1 Å². The molecule has 1 aromatic carbocycles. The predicted octanol–water partition coefficient (Wildman–Crippen LogP) is 5.10. The average molecular weight is 554 g/mol. The van der Waals surface area contributed by atoms with Gasteiger partial charge < -0.3 is 34.2 Å². The van der Waals surface area contributed by atoms with Gasteiger partial charge in [0.05, 0.1) is 18.6 Å². The van der Waals surface area contributed by atoms with Crippen LogP contribution in [0.5, 0.6) is 11.5 Å². The maximum Gasteiger partial charge on any atom is 0.513 e. The third-order valence-electron chi connectivity index (χ3n) is 5.46. The number of ether oxygens (including phenoxy) is 6. The zero-order chi connectivity index (χ0) is 29.6. The van der Waals surface area contributed by atoms with Gasteiger partial charge >= 0.3 is 24.2 Å². The first-order valence-electron chi connectivity index (χ1n) is 13.3. The second kappa shape index (κ2) is 16.6. The fourth-order valence-electron chi connectivity index (χ4n) is 2.83. The molecular weight excluding hydrogens is 510 g/mol. The van der Waals surface area contributed by atoms with Crippen molar-refractivity contribution in [2.75, 3.05) is 13.2 Å². The third kappa shape index (κ3) is 12.8. The Balaban J connectivity index is 2.91. The lowest BCUT2D eigenvalue weighted by molar-refractivity contribution is -0.171. The maximum atomic E-state index is 12.6. The molecule has 0 aliphatic rings. The lowest BCUT2D eigenvalue weighted by Gasteiger charge is -2.25. The van der Waals surface area contributed by atoms with Crippen molar-refractivity contribution in [2.45, 2.75) is 98.8 Å². The zero-order valence-corrected chi connectivity index (χ0v) is 24.1. The van der Waals surface area contributed by atoms with E-state index in [1.54, 1.807) is 40.7 Å². The van der Waals surface area contributed by atoms with Crippen molar-refractivity contribution in [1.82, 2.24) is 0 Å². The highest BCUT2D eigenvalue weighted by molar-refractivity contribution is 5.77. The fourth-order valence-corrected chi connectivity index (χ4v) is 2.83. The summed E-state index contributed by atoms with van der Waals surface area (Å²) < 4.78 is 31.3. The number of hydrogen-bond acceptors (Lipinski definition) is 11.